The molecule has 0 heterocycles. The standard InChI is InChI=1S/C17H20BrNO/c18-14-1-3-15(4-2-14)19-16(20)17-8-11-5-12(9-17)7-13(6-11)10-17/h1-4,11-13H,5-10H2,(H,19,20). The lowest BCUT2D eigenvalue weighted by Crippen LogP contribution is -2.51. The molecule has 4 saturated carbocycles. The third kappa shape index (κ3) is 2.11. The van der Waals surface area contributed by atoms with Gasteiger partial charge < -0.3 is 5.32 Å². The van der Waals surface area contributed by atoms with Crippen molar-refractivity contribution in [1.82, 2.24) is 0 Å². The summed E-state index contributed by atoms with van der Waals surface area (Å²) in [5.74, 6) is 2.73. The molecule has 4 aliphatic carbocycles. The number of hydrogen-bond donors (Lipinski definition) is 1. The first kappa shape index (κ1) is 12.9. The number of halogens is 1. The first-order valence-electron chi connectivity index (χ1n) is 7.70. The van der Waals surface area contributed by atoms with Gasteiger partial charge in [-0.15, -0.1) is 0 Å². The molecule has 106 valence electrons. The highest BCUT2D eigenvalue weighted by molar-refractivity contribution is 9.10. The average Bonchev–Trinajstić information content (AvgIpc) is 2.40. The van der Waals surface area contributed by atoms with Gasteiger partial charge in [0.2, 0.25) is 5.91 Å². The van der Waals surface area contributed by atoms with Crippen LogP contribution in [0.4, 0.5) is 5.69 Å². The van der Waals surface area contributed by atoms with Crippen molar-refractivity contribution in [3.05, 3.63) is 28.7 Å². The Kier molecular flexibility index (Phi) is 2.95. The monoisotopic (exact) mass is 333 g/mol. The Morgan fingerprint density at radius 2 is 1.50 bits per heavy atom. The van der Waals surface area contributed by atoms with Crippen LogP contribution < -0.4 is 5.32 Å². The Hall–Kier alpha value is -0.830. The third-order valence-electron chi connectivity index (χ3n) is 5.62. The fraction of sp³-hybridized carbons (Fsp3) is 0.588. The fourth-order valence-electron chi connectivity index (χ4n) is 5.19. The molecule has 2 nitrogen and oxygen atoms in total. The molecule has 0 saturated heterocycles. The van der Waals surface area contributed by atoms with Crippen molar-refractivity contribution < 1.29 is 4.79 Å². The lowest BCUT2D eigenvalue weighted by molar-refractivity contribution is -0.140. The molecule has 4 aliphatic rings. The van der Waals surface area contributed by atoms with Crippen molar-refractivity contribution >= 4 is 27.5 Å². The van der Waals surface area contributed by atoms with Gasteiger partial charge in [-0.1, -0.05) is 15.9 Å². The van der Waals surface area contributed by atoms with Crippen LogP contribution >= 0.6 is 15.9 Å². The van der Waals surface area contributed by atoms with Crippen LogP contribution in [0.25, 0.3) is 0 Å². The molecule has 0 aliphatic heterocycles. The van der Waals surface area contributed by atoms with Crippen molar-refractivity contribution in [1.29, 1.82) is 0 Å². The molecule has 4 bridgehead atoms. The van der Waals surface area contributed by atoms with Crippen molar-refractivity contribution in [2.45, 2.75) is 38.5 Å². The van der Waals surface area contributed by atoms with Crippen LogP contribution in [0.5, 0.6) is 0 Å². The molecular formula is C17H20BrNO. The molecule has 0 spiro atoms. The van der Waals surface area contributed by atoms with E-state index in [4.69, 9.17) is 0 Å². The number of anilines is 1. The molecule has 0 radical (unpaired) electrons. The predicted octanol–water partition coefficient (Wildman–Crippen LogP) is 4.60. The SMILES string of the molecule is O=C(Nc1ccc(Br)cc1)C12CC3CC(CC(C3)C1)C2. The zero-order chi connectivity index (χ0) is 13.7. The summed E-state index contributed by atoms with van der Waals surface area (Å²) in [7, 11) is 0. The highest BCUT2D eigenvalue weighted by Crippen LogP contribution is 2.60. The Morgan fingerprint density at radius 3 is 2.00 bits per heavy atom. The van der Waals surface area contributed by atoms with Gasteiger partial charge in [0, 0.05) is 10.2 Å². The van der Waals surface area contributed by atoms with Gasteiger partial charge in [-0.05, 0) is 80.5 Å². The molecule has 0 atom stereocenters. The largest absolute Gasteiger partial charge is 0.326 e. The number of amides is 1. The molecular weight excluding hydrogens is 314 g/mol. The van der Waals surface area contributed by atoms with E-state index in [1.54, 1.807) is 0 Å². The maximum absolute atomic E-state index is 12.8. The number of carbonyl (C=O) groups excluding carboxylic acids is 1. The maximum atomic E-state index is 12.8. The van der Waals surface area contributed by atoms with Gasteiger partial charge in [-0.2, -0.15) is 0 Å². The summed E-state index contributed by atoms with van der Waals surface area (Å²) >= 11 is 3.43. The van der Waals surface area contributed by atoms with E-state index in [2.05, 4.69) is 21.2 Å². The van der Waals surface area contributed by atoms with Crippen molar-refractivity contribution in [3.63, 3.8) is 0 Å². The van der Waals surface area contributed by atoms with Crippen molar-refractivity contribution in [3.8, 4) is 0 Å². The summed E-state index contributed by atoms with van der Waals surface area (Å²) < 4.78 is 1.05. The van der Waals surface area contributed by atoms with Crippen LogP contribution in [0.2, 0.25) is 0 Å². The van der Waals surface area contributed by atoms with Gasteiger partial charge >= 0.3 is 0 Å². The zero-order valence-electron chi connectivity index (χ0n) is 11.6. The molecule has 1 amide bonds. The summed E-state index contributed by atoms with van der Waals surface area (Å²) in [6.45, 7) is 0. The average molecular weight is 334 g/mol. The molecule has 4 fully saturated rings. The Balaban J connectivity index is 1.54. The number of rotatable bonds is 2. The minimum absolute atomic E-state index is 0.0537. The van der Waals surface area contributed by atoms with Gasteiger partial charge in [0.15, 0.2) is 0 Å². The number of carbonyl (C=O) groups is 1. The van der Waals surface area contributed by atoms with Crippen molar-refractivity contribution in [2.75, 3.05) is 5.32 Å². The second-order valence-corrected chi connectivity index (χ2v) is 8.07. The molecule has 1 N–H and O–H groups in total. The highest BCUT2D eigenvalue weighted by atomic mass is 79.9. The van der Waals surface area contributed by atoms with Gasteiger partial charge in [-0.3, -0.25) is 4.79 Å². The lowest BCUT2D eigenvalue weighted by Gasteiger charge is -2.55. The molecule has 5 rings (SSSR count). The highest BCUT2D eigenvalue weighted by Gasteiger charge is 2.54. The van der Waals surface area contributed by atoms with E-state index in [9.17, 15) is 4.79 Å². The second kappa shape index (κ2) is 4.59. The van der Waals surface area contributed by atoms with Crippen LogP contribution in [0.3, 0.4) is 0 Å². The van der Waals surface area contributed by atoms with Gasteiger partial charge in [-0.25, -0.2) is 0 Å². The van der Waals surface area contributed by atoms with E-state index in [-0.39, 0.29) is 11.3 Å². The topological polar surface area (TPSA) is 29.1 Å². The van der Waals surface area contributed by atoms with Gasteiger partial charge in [0.25, 0.3) is 0 Å². The lowest BCUT2D eigenvalue weighted by atomic mass is 9.49. The van der Waals surface area contributed by atoms with Crippen LogP contribution in [0.1, 0.15) is 38.5 Å². The second-order valence-electron chi connectivity index (χ2n) is 7.16. The Bertz CT molecular complexity index is 501. The maximum Gasteiger partial charge on any atom is 0.230 e. The molecule has 3 heteroatoms. The van der Waals surface area contributed by atoms with Gasteiger partial charge in [0.05, 0.1) is 5.41 Å². The van der Waals surface area contributed by atoms with Crippen LogP contribution in [-0.4, -0.2) is 5.91 Å². The van der Waals surface area contributed by atoms with Gasteiger partial charge in [0.1, 0.15) is 0 Å². The van der Waals surface area contributed by atoms with E-state index >= 15 is 0 Å². The smallest absolute Gasteiger partial charge is 0.230 e. The summed E-state index contributed by atoms with van der Waals surface area (Å²) in [4.78, 5) is 12.8. The summed E-state index contributed by atoms with van der Waals surface area (Å²) in [6.07, 6.45) is 7.52. The zero-order valence-corrected chi connectivity index (χ0v) is 13.2. The third-order valence-corrected chi connectivity index (χ3v) is 6.15. The molecule has 20 heavy (non-hydrogen) atoms. The Labute approximate surface area is 128 Å². The number of hydrogen-bond acceptors (Lipinski definition) is 1. The summed E-state index contributed by atoms with van der Waals surface area (Å²) in [5, 5.41) is 3.17. The van der Waals surface area contributed by atoms with E-state index in [0.29, 0.717) is 0 Å². The van der Waals surface area contributed by atoms with Crippen LogP contribution in [0, 0.1) is 23.2 Å². The van der Waals surface area contributed by atoms with Crippen LogP contribution in [0.15, 0.2) is 28.7 Å². The minimum Gasteiger partial charge on any atom is -0.326 e. The fourth-order valence-corrected chi connectivity index (χ4v) is 5.45. The molecule has 1 aromatic carbocycles. The van der Waals surface area contributed by atoms with Crippen molar-refractivity contribution in [2.24, 2.45) is 23.2 Å². The summed E-state index contributed by atoms with van der Waals surface area (Å²) in [5.41, 5.74) is 0.871. The van der Waals surface area contributed by atoms with E-state index in [1.165, 1.54) is 19.3 Å². The van der Waals surface area contributed by atoms with E-state index in [1.807, 2.05) is 24.3 Å². The quantitative estimate of drug-likeness (QED) is 0.841. The minimum atomic E-state index is -0.0537. The van der Waals surface area contributed by atoms with E-state index in [0.717, 1.165) is 47.2 Å². The summed E-state index contributed by atoms with van der Waals surface area (Å²) in [6, 6.07) is 7.91. The van der Waals surface area contributed by atoms with E-state index < -0.39 is 0 Å². The molecule has 1 aromatic rings. The van der Waals surface area contributed by atoms with Crippen LogP contribution in [-0.2, 0) is 4.79 Å². The molecule has 0 unspecified atom stereocenters. The Morgan fingerprint density at radius 1 is 1.00 bits per heavy atom. The number of nitrogens with one attached hydrogen (secondary N) is 1. The number of benzene rings is 1. The first-order valence-corrected chi connectivity index (χ1v) is 8.49. The first-order chi connectivity index (χ1) is 9.63. The normalized spacial score (nSPS) is 38.0. The molecule has 0 aromatic heterocycles. The predicted molar refractivity (Wildman–Crippen MR) is 83.4 cm³/mol.